The van der Waals surface area contributed by atoms with Crippen molar-refractivity contribution in [1.82, 2.24) is 5.32 Å². The van der Waals surface area contributed by atoms with Crippen molar-refractivity contribution in [1.29, 1.82) is 0 Å². The summed E-state index contributed by atoms with van der Waals surface area (Å²) >= 11 is 5.60. The summed E-state index contributed by atoms with van der Waals surface area (Å²) in [4.78, 5) is 0. The summed E-state index contributed by atoms with van der Waals surface area (Å²) in [6.45, 7) is 6.00. The highest BCUT2D eigenvalue weighted by Gasteiger charge is 2.12. The molecule has 1 N–H and O–H groups in total. The maximum Gasteiger partial charge on any atom is 0.0619 e. The van der Waals surface area contributed by atoms with Crippen LogP contribution in [-0.4, -0.2) is 25.8 Å². The number of hydrogen-bond donors (Lipinski definition) is 1. The van der Waals surface area contributed by atoms with Gasteiger partial charge >= 0.3 is 0 Å². The molecule has 0 aliphatic carbocycles. The van der Waals surface area contributed by atoms with Crippen molar-refractivity contribution < 1.29 is 4.74 Å². The lowest BCUT2D eigenvalue weighted by Crippen LogP contribution is -2.37. The first kappa shape index (κ1) is 9.04. The van der Waals surface area contributed by atoms with Gasteiger partial charge in [-0.2, -0.15) is 0 Å². The van der Waals surface area contributed by atoms with Gasteiger partial charge in [0.1, 0.15) is 0 Å². The van der Waals surface area contributed by atoms with Gasteiger partial charge in [-0.3, -0.25) is 0 Å². The maximum atomic E-state index is 5.60. The normalized spacial score (nSPS) is 25.0. The van der Waals surface area contributed by atoms with Gasteiger partial charge in [0.25, 0.3) is 0 Å². The molecule has 1 aliphatic rings. The lowest BCUT2D eigenvalue weighted by molar-refractivity contribution is 0.0716. The van der Waals surface area contributed by atoms with Crippen LogP contribution in [0.25, 0.3) is 0 Å². The van der Waals surface area contributed by atoms with E-state index in [2.05, 4.69) is 11.9 Å². The SMILES string of the molecule is C=C(Cl)CNC1CCCOC1. The van der Waals surface area contributed by atoms with E-state index in [1.807, 2.05) is 0 Å². The Hall–Kier alpha value is -0.0500. The molecule has 1 fully saturated rings. The minimum atomic E-state index is 0.472. The molecule has 0 aromatic heterocycles. The van der Waals surface area contributed by atoms with E-state index in [9.17, 15) is 0 Å². The van der Waals surface area contributed by atoms with Gasteiger partial charge in [0.15, 0.2) is 0 Å². The second-order valence-electron chi connectivity index (χ2n) is 2.81. The van der Waals surface area contributed by atoms with Crippen LogP contribution in [0.3, 0.4) is 0 Å². The third-order valence-electron chi connectivity index (χ3n) is 1.74. The second-order valence-corrected chi connectivity index (χ2v) is 3.35. The van der Waals surface area contributed by atoms with E-state index in [-0.39, 0.29) is 0 Å². The molecular formula is C8H14ClNO. The molecule has 0 amide bonds. The molecule has 0 spiro atoms. The molecule has 0 bridgehead atoms. The predicted molar refractivity (Wildman–Crippen MR) is 46.8 cm³/mol. The van der Waals surface area contributed by atoms with Crippen molar-refractivity contribution in [3.05, 3.63) is 11.6 Å². The Kier molecular flexibility index (Phi) is 3.91. The van der Waals surface area contributed by atoms with E-state index in [1.165, 1.54) is 6.42 Å². The maximum absolute atomic E-state index is 5.60. The summed E-state index contributed by atoms with van der Waals surface area (Å²) < 4.78 is 5.28. The average molecular weight is 176 g/mol. The van der Waals surface area contributed by atoms with Crippen molar-refractivity contribution in [2.24, 2.45) is 0 Å². The molecule has 64 valence electrons. The fraction of sp³-hybridized carbons (Fsp3) is 0.750. The lowest BCUT2D eigenvalue weighted by Gasteiger charge is -2.22. The van der Waals surface area contributed by atoms with E-state index in [4.69, 9.17) is 16.3 Å². The van der Waals surface area contributed by atoms with Crippen molar-refractivity contribution in [3.63, 3.8) is 0 Å². The van der Waals surface area contributed by atoms with Crippen LogP contribution in [0.5, 0.6) is 0 Å². The van der Waals surface area contributed by atoms with E-state index < -0.39 is 0 Å². The van der Waals surface area contributed by atoms with Crippen molar-refractivity contribution in [3.8, 4) is 0 Å². The Bertz CT molecular complexity index is 132. The van der Waals surface area contributed by atoms with Crippen LogP contribution in [0.4, 0.5) is 0 Å². The average Bonchev–Trinajstić information content (AvgIpc) is 2.03. The predicted octanol–water partition coefficient (Wildman–Crippen LogP) is 1.51. The minimum absolute atomic E-state index is 0.472. The molecule has 1 saturated heterocycles. The second kappa shape index (κ2) is 4.75. The molecule has 1 atom stereocenters. The molecule has 0 radical (unpaired) electrons. The molecule has 3 heteroatoms. The van der Waals surface area contributed by atoms with Crippen LogP contribution >= 0.6 is 11.6 Å². The van der Waals surface area contributed by atoms with Crippen molar-refractivity contribution in [2.45, 2.75) is 18.9 Å². The van der Waals surface area contributed by atoms with Gasteiger partial charge in [0.05, 0.1) is 6.61 Å². The Labute approximate surface area is 72.6 Å². The van der Waals surface area contributed by atoms with Crippen LogP contribution in [0.15, 0.2) is 11.6 Å². The molecule has 1 aliphatic heterocycles. The number of halogens is 1. The van der Waals surface area contributed by atoms with Gasteiger partial charge in [-0.1, -0.05) is 18.2 Å². The van der Waals surface area contributed by atoms with E-state index in [1.54, 1.807) is 0 Å². The molecule has 1 heterocycles. The van der Waals surface area contributed by atoms with Crippen molar-refractivity contribution >= 4 is 11.6 Å². The largest absolute Gasteiger partial charge is 0.380 e. The number of rotatable bonds is 3. The van der Waals surface area contributed by atoms with Crippen LogP contribution in [-0.2, 0) is 4.74 Å². The standard InChI is InChI=1S/C8H14ClNO/c1-7(9)5-10-8-3-2-4-11-6-8/h8,10H,1-6H2. The molecule has 2 nitrogen and oxygen atoms in total. The van der Waals surface area contributed by atoms with Crippen LogP contribution < -0.4 is 5.32 Å². The number of hydrogen-bond acceptors (Lipinski definition) is 2. The van der Waals surface area contributed by atoms with Crippen molar-refractivity contribution in [2.75, 3.05) is 19.8 Å². The highest BCUT2D eigenvalue weighted by Crippen LogP contribution is 2.06. The van der Waals surface area contributed by atoms with Crippen LogP contribution in [0, 0.1) is 0 Å². The van der Waals surface area contributed by atoms with Gasteiger partial charge in [-0.15, -0.1) is 0 Å². The van der Waals surface area contributed by atoms with Gasteiger partial charge in [0, 0.05) is 24.2 Å². The molecule has 0 aromatic rings. The van der Waals surface area contributed by atoms with Gasteiger partial charge in [-0.25, -0.2) is 0 Å². The molecular weight excluding hydrogens is 162 g/mol. The Balaban J connectivity index is 2.09. The Morgan fingerprint density at radius 2 is 2.55 bits per heavy atom. The molecule has 11 heavy (non-hydrogen) atoms. The zero-order valence-corrected chi connectivity index (χ0v) is 7.36. The topological polar surface area (TPSA) is 21.3 Å². The smallest absolute Gasteiger partial charge is 0.0619 e. The summed E-state index contributed by atoms with van der Waals surface area (Å²) in [5.74, 6) is 0. The van der Waals surface area contributed by atoms with Gasteiger partial charge in [-0.05, 0) is 12.8 Å². The number of ether oxygens (including phenoxy) is 1. The summed E-state index contributed by atoms with van der Waals surface area (Å²) in [5, 5.41) is 3.93. The number of nitrogens with one attached hydrogen (secondary N) is 1. The molecule has 0 aromatic carbocycles. The molecule has 1 unspecified atom stereocenters. The highest BCUT2D eigenvalue weighted by molar-refractivity contribution is 6.29. The molecule has 1 rings (SSSR count). The van der Waals surface area contributed by atoms with Crippen LogP contribution in [0.1, 0.15) is 12.8 Å². The third-order valence-corrected chi connectivity index (χ3v) is 1.88. The zero-order valence-electron chi connectivity index (χ0n) is 6.61. The summed E-state index contributed by atoms with van der Waals surface area (Å²) in [6.07, 6.45) is 2.33. The first-order valence-electron chi connectivity index (χ1n) is 3.93. The zero-order chi connectivity index (χ0) is 8.10. The first-order valence-corrected chi connectivity index (χ1v) is 4.31. The third kappa shape index (κ3) is 3.75. The Morgan fingerprint density at radius 1 is 1.73 bits per heavy atom. The first-order chi connectivity index (χ1) is 5.29. The van der Waals surface area contributed by atoms with Gasteiger partial charge in [0.2, 0.25) is 0 Å². The summed E-state index contributed by atoms with van der Waals surface area (Å²) in [7, 11) is 0. The fourth-order valence-corrected chi connectivity index (χ4v) is 1.23. The fourth-order valence-electron chi connectivity index (χ4n) is 1.16. The highest BCUT2D eigenvalue weighted by atomic mass is 35.5. The van der Waals surface area contributed by atoms with Crippen LogP contribution in [0.2, 0.25) is 0 Å². The van der Waals surface area contributed by atoms with E-state index >= 15 is 0 Å². The monoisotopic (exact) mass is 175 g/mol. The van der Waals surface area contributed by atoms with Gasteiger partial charge < -0.3 is 10.1 Å². The minimum Gasteiger partial charge on any atom is -0.380 e. The Morgan fingerprint density at radius 3 is 3.09 bits per heavy atom. The van der Waals surface area contributed by atoms with E-state index in [0.29, 0.717) is 17.6 Å². The summed E-state index contributed by atoms with van der Waals surface area (Å²) in [6, 6.07) is 0.472. The van der Waals surface area contributed by atoms with E-state index in [0.717, 1.165) is 19.6 Å². The lowest BCUT2D eigenvalue weighted by atomic mass is 10.1. The summed E-state index contributed by atoms with van der Waals surface area (Å²) in [5.41, 5.74) is 0. The molecule has 0 saturated carbocycles. The quantitative estimate of drug-likeness (QED) is 0.702.